The highest BCUT2D eigenvalue weighted by Gasteiger charge is 2.21. The summed E-state index contributed by atoms with van der Waals surface area (Å²) in [6, 6.07) is 22.6. The number of carbonyl (C=O) groups excluding carboxylic acids is 2. The lowest BCUT2D eigenvalue weighted by atomic mass is 10.1. The Kier molecular flexibility index (Phi) is 7.32. The van der Waals surface area contributed by atoms with Gasteiger partial charge in [0.25, 0.3) is 11.8 Å². The number of rotatable bonds is 5. The first-order valence-electron chi connectivity index (χ1n) is 12.1. The number of amides is 2. The van der Waals surface area contributed by atoms with E-state index in [1.54, 1.807) is 24.3 Å². The molecule has 0 bridgehead atoms. The van der Waals surface area contributed by atoms with Gasteiger partial charge in [-0.2, -0.15) is 4.99 Å². The molecule has 1 aliphatic heterocycles. The zero-order valence-electron chi connectivity index (χ0n) is 20.1. The lowest BCUT2D eigenvalue weighted by Crippen LogP contribution is -2.48. The quantitative estimate of drug-likeness (QED) is 0.376. The Bertz CT molecular complexity index is 1480. The third kappa shape index (κ3) is 5.28. The molecule has 1 aromatic heterocycles. The second-order valence-corrected chi connectivity index (χ2v) is 10.2. The summed E-state index contributed by atoms with van der Waals surface area (Å²) in [5.74, 6) is -0.276. The van der Waals surface area contributed by atoms with Gasteiger partial charge in [0.1, 0.15) is 0 Å². The van der Waals surface area contributed by atoms with Gasteiger partial charge in [-0.3, -0.25) is 9.59 Å². The van der Waals surface area contributed by atoms with E-state index in [0.29, 0.717) is 27.5 Å². The summed E-state index contributed by atoms with van der Waals surface area (Å²) in [6.07, 6.45) is 0. The van der Waals surface area contributed by atoms with Crippen molar-refractivity contribution in [3.05, 3.63) is 99.3 Å². The molecule has 0 unspecified atom stereocenters. The van der Waals surface area contributed by atoms with E-state index < -0.39 is 0 Å². The number of hydrogen-bond donors (Lipinski definition) is 0. The molecule has 5 rings (SSSR count). The van der Waals surface area contributed by atoms with E-state index in [0.717, 1.165) is 48.5 Å². The fraction of sp³-hybridized carbons (Fsp3) is 0.250. The van der Waals surface area contributed by atoms with Crippen molar-refractivity contribution >= 4 is 45.0 Å². The lowest BCUT2D eigenvalue weighted by molar-refractivity contribution is 0.0643. The number of thiazole rings is 1. The predicted octanol–water partition coefficient (Wildman–Crippen LogP) is 4.92. The number of piperazine rings is 1. The van der Waals surface area contributed by atoms with Crippen molar-refractivity contribution in [2.75, 3.05) is 32.7 Å². The Morgan fingerprint density at radius 1 is 0.917 bits per heavy atom. The molecule has 1 fully saturated rings. The number of fused-ring (bicyclic) bond motifs is 1. The Hall–Kier alpha value is -3.26. The van der Waals surface area contributed by atoms with Crippen LogP contribution in [0.5, 0.6) is 0 Å². The van der Waals surface area contributed by atoms with E-state index in [2.05, 4.69) is 16.8 Å². The number of aromatic nitrogens is 1. The van der Waals surface area contributed by atoms with Crippen molar-refractivity contribution in [3.8, 4) is 0 Å². The van der Waals surface area contributed by atoms with Crippen LogP contribution in [0, 0.1) is 0 Å². The third-order valence-corrected chi connectivity index (χ3v) is 7.77. The van der Waals surface area contributed by atoms with Crippen LogP contribution in [0.25, 0.3) is 10.2 Å². The van der Waals surface area contributed by atoms with Gasteiger partial charge in [-0.05, 0) is 54.6 Å². The molecule has 0 aliphatic carbocycles. The average Bonchev–Trinajstić information content (AvgIpc) is 3.25. The Labute approximate surface area is 219 Å². The van der Waals surface area contributed by atoms with Crippen LogP contribution < -0.4 is 4.80 Å². The predicted molar refractivity (Wildman–Crippen MR) is 145 cm³/mol. The molecule has 2 heterocycles. The van der Waals surface area contributed by atoms with Crippen LogP contribution in [-0.4, -0.2) is 58.9 Å². The fourth-order valence-corrected chi connectivity index (χ4v) is 5.68. The zero-order valence-corrected chi connectivity index (χ0v) is 21.6. The highest BCUT2D eigenvalue weighted by Crippen LogP contribution is 2.20. The van der Waals surface area contributed by atoms with Gasteiger partial charge in [-0.25, -0.2) is 0 Å². The SMILES string of the molecule is CCN1CCN(C(=O)c2cccc(Cn3c(=NC(=O)c4cccc(Cl)c4)sc4ccccc43)c2)CC1. The van der Waals surface area contributed by atoms with E-state index in [-0.39, 0.29) is 11.8 Å². The first-order chi connectivity index (χ1) is 17.5. The van der Waals surface area contributed by atoms with Gasteiger partial charge < -0.3 is 14.4 Å². The molecule has 6 nitrogen and oxygen atoms in total. The Morgan fingerprint density at radius 2 is 1.67 bits per heavy atom. The van der Waals surface area contributed by atoms with Crippen molar-refractivity contribution < 1.29 is 9.59 Å². The highest BCUT2D eigenvalue weighted by molar-refractivity contribution is 7.16. The number of para-hydroxylation sites is 1. The molecule has 0 N–H and O–H groups in total. The van der Waals surface area contributed by atoms with Crippen LogP contribution in [-0.2, 0) is 6.54 Å². The van der Waals surface area contributed by atoms with Gasteiger partial charge in [0.2, 0.25) is 0 Å². The smallest absolute Gasteiger partial charge is 0.279 e. The minimum atomic E-state index is -0.340. The average molecular weight is 519 g/mol. The number of benzene rings is 3. The molecule has 3 aromatic carbocycles. The maximum Gasteiger partial charge on any atom is 0.279 e. The third-order valence-electron chi connectivity index (χ3n) is 6.48. The van der Waals surface area contributed by atoms with Crippen LogP contribution in [0.2, 0.25) is 5.02 Å². The Balaban J connectivity index is 1.46. The molecule has 36 heavy (non-hydrogen) atoms. The van der Waals surface area contributed by atoms with Gasteiger partial charge in [0, 0.05) is 42.3 Å². The van der Waals surface area contributed by atoms with Gasteiger partial charge in [0.05, 0.1) is 16.8 Å². The van der Waals surface area contributed by atoms with Crippen molar-refractivity contribution in [1.82, 2.24) is 14.4 Å². The molecule has 1 saturated heterocycles. The van der Waals surface area contributed by atoms with Crippen molar-refractivity contribution in [3.63, 3.8) is 0 Å². The summed E-state index contributed by atoms with van der Waals surface area (Å²) >= 11 is 7.54. The molecule has 0 spiro atoms. The Morgan fingerprint density at radius 3 is 2.44 bits per heavy atom. The van der Waals surface area contributed by atoms with Crippen LogP contribution in [0.1, 0.15) is 33.2 Å². The van der Waals surface area contributed by atoms with Crippen molar-refractivity contribution in [1.29, 1.82) is 0 Å². The van der Waals surface area contributed by atoms with E-state index in [9.17, 15) is 9.59 Å². The number of halogens is 1. The minimum absolute atomic E-state index is 0.0637. The first kappa shape index (κ1) is 24.4. The standard InChI is InChI=1S/C28H27ClN4O2S/c1-2-31-13-15-32(16-14-31)27(35)22-9-5-7-20(17-22)19-33-24-11-3-4-12-25(24)36-28(33)30-26(34)21-8-6-10-23(29)18-21/h3-12,17-18H,2,13-16,19H2,1H3. The molecule has 0 saturated carbocycles. The second-order valence-electron chi connectivity index (χ2n) is 8.79. The maximum atomic E-state index is 13.2. The van der Waals surface area contributed by atoms with Gasteiger partial charge in [-0.15, -0.1) is 0 Å². The van der Waals surface area contributed by atoms with Crippen LogP contribution in [0.15, 0.2) is 77.8 Å². The number of carbonyl (C=O) groups is 2. The summed E-state index contributed by atoms with van der Waals surface area (Å²) in [5, 5.41) is 0.498. The van der Waals surface area contributed by atoms with Crippen molar-refractivity contribution in [2.45, 2.75) is 13.5 Å². The normalized spacial score (nSPS) is 14.9. The molecule has 2 amide bonds. The number of likely N-dealkylation sites (N-methyl/N-ethyl adjacent to an activating group) is 1. The van der Waals surface area contributed by atoms with E-state index in [4.69, 9.17) is 11.6 Å². The summed E-state index contributed by atoms with van der Waals surface area (Å²) < 4.78 is 3.07. The van der Waals surface area contributed by atoms with Gasteiger partial charge >= 0.3 is 0 Å². The molecule has 1 aliphatic rings. The van der Waals surface area contributed by atoms with E-state index in [1.165, 1.54) is 11.3 Å². The molecular formula is C28H27ClN4O2S. The zero-order chi connectivity index (χ0) is 25.1. The topological polar surface area (TPSA) is 57.9 Å². The molecule has 4 aromatic rings. The van der Waals surface area contributed by atoms with Crippen LogP contribution in [0.4, 0.5) is 0 Å². The molecule has 8 heteroatoms. The van der Waals surface area contributed by atoms with Gasteiger partial charge in [-0.1, -0.05) is 60.2 Å². The summed E-state index contributed by atoms with van der Waals surface area (Å²) in [6.45, 7) is 6.96. The van der Waals surface area contributed by atoms with E-state index >= 15 is 0 Å². The van der Waals surface area contributed by atoms with Crippen LogP contribution >= 0.6 is 22.9 Å². The molecule has 0 radical (unpaired) electrons. The number of nitrogens with zero attached hydrogens (tertiary/aromatic N) is 4. The summed E-state index contributed by atoms with van der Waals surface area (Å²) in [7, 11) is 0. The summed E-state index contributed by atoms with van der Waals surface area (Å²) in [4.78, 5) is 35.5. The van der Waals surface area contributed by atoms with Crippen LogP contribution in [0.3, 0.4) is 0 Å². The second kappa shape index (κ2) is 10.8. The monoisotopic (exact) mass is 518 g/mol. The largest absolute Gasteiger partial charge is 0.336 e. The summed E-state index contributed by atoms with van der Waals surface area (Å²) in [5.41, 5.74) is 3.11. The number of hydrogen-bond acceptors (Lipinski definition) is 4. The lowest BCUT2D eigenvalue weighted by Gasteiger charge is -2.34. The molecular weight excluding hydrogens is 492 g/mol. The molecule has 184 valence electrons. The van der Waals surface area contributed by atoms with E-state index in [1.807, 2.05) is 58.0 Å². The highest BCUT2D eigenvalue weighted by atomic mass is 35.5. The van der Waals surface area contributed by atoms with Gasteiger partial charge in [0.15, 0.2) is 4.80 Å². The first-order valence-corrected chi connectivity index (χ1v) is 13.2. The fourth-order valence-electron chi connectivity index (χ4n) is 4.47. The molecule has 0 atom stereocenters. The van der Waals surface area contributed by atoms with Crippen molar-refractivity contribution in [2.24, 2.45) is 4.99 Å². The minimum Gasteiger partial charge on any atom is -0.336 e. The maximum absolute atomic E-state index is 13.2.